The van der Waals surface area contributed by atoms with Crippen LogP contribution in [0, 0.1) is 11.7 Å². The zero-order valence-electron chi connectivity index (χ0n) is 34.2. The van der Waals surface area contributed by atoms with Crippen LogP contribution in [0.15, 0.2) is 72.9 Å². The zero-order chi connectivity index (χ0) is 43.0. The highest BCUT2D eigenvalue weighted by atomic mass is 32.2. The Kier molecular flexibility index (Phi) is 11.4. The van der Waals surface area contributed by atoms with E-state index >= 15 is 4.39 Å². The van der Waals surface area contributed by atoms with E-state index in [1.165, 1.54) is 16.6 Å². The Bertz CT molecular complexity index is 2630. The lowest BCUT2D eigenvalue weighted by atomic mass is 9.81. The third-order valence-corrected chi connectivity index (χ3v) is 13.4. The third-order valence-electron chi connectivity index (χ3n) is 12.2. The molecule has 18 heteroatoms. The van der Waals surface area contributed by atoms with Gasteiger partial charge in [0.25, 0.3) is 0 Å². The van der Waals surface area contributed by atoms with Crippen molar-refractivity contribution < 1.29 is 31.9 Å². The Balaban J connectivity index is 0.720. The van der Waals surface area contributed by atoms with E-state index in [0.29, 0.717) is 110 Å². The lowest BCUT2D eigenvalue weighted by molar-refractivity contribution is -0.134. The van der Waals surface area contributed by atoms with Crippen molar-refractivity contribution in [1.82, 2.24) is 30.9 Å². The van der Waals surface area contributed by atoms with Gasteiger partial charge in [-0.05, 0) is 92.1 Å². The fourth-order valence-corrected chi connectivity index (χ4v) is 9.83. The number of hydrogen-bond acceptors (Lipinski definition) is 12. The molecule has 2 aromatic heterocycles. The molecule has 62 heavy (non-hydrogen) atoms. The van der Waals surface area contributed by atoms with E-state index in [1.807, 2.05) is 53.4 Å². The molecule has 2 saturated heterocycles. The molecule has 5 aromatic rings. The van der Waals surface area contributed by atoms with Crippen LogP contribution in [0.4, 0.5) is 38.9 Å². The van der Waals surface area contributed by atoms with Crippen LogP contribution in [0.1, 0.15) is 55.6 Å². The van der Waals surface area contributed by atoms with Gasteiger partial charge < -0.3 is 35.9 Å². The number of rotatable bonds is 14. The highest BCUT2D eigenvalue weighted by Crippen LogP contribution is 2.40. The molecule has 3 fully saturated rings. The number of nitrogens with one attached hydrogen (secondary N) is 6. The Hall–Kier alpha value is -6.27. The zero-order valence-corrected chi connectivity index (χ0v) is 35.1. The quantitative estimate of drug-likeness (QED) is 0.0649. The second-order valence-electron chi connectivity index (χ2n) is 16.4. The minimum Gasteiger partial charge on any atom is -0.490 e. The molecule has 9 rings (SSSR count). The van der Waals surface area contributed by atoms with Crippen LogP contribution in [0.25, 0.3) is 11.0 Å². The molecule has 1 aliphatic carbocycles. The first-order valence-electron chi connectivity index (χ1n) is 21.1. The van der Waals surface area contributed by atoms with Crippen LogP contribution in [0.2, 0.25) is 0 Å². The van der Waals surface area contributed by atoms with Gasteiger partial charge in [0.2, 0.25) is 33.7 Å². The van der Waals surface area contributed by atoms with Crippen molar-refractivity contribution in [1.29, 1.82) is 0 Å². The van der Waals surface area contributed by atoms with Crippen LogP contribution >= 0.6 is 0 Å². The second-order valence-corrected chi connectivity index (χ2v) is 18.3. The summed E-state index contributed by atoms with van der Waals surface area (Å²) in [6, 6.07) is 20.1. The number of para-hydroxylation sites is 1. The summed E-state index contributed by atoms with van der Waals surface area (Å²) in [7, 11) is -3.48. The number of amides is 3. The van der Waals surface area contributed by atoms with E-state index in [1.54, 1.807) is 18.3 Å². The van der Waals surface area contributed by atoms with E-state index in [-0.39, 0.29) is 53.5 Å². The van der Waals surface area contributed by atoms with Gasteiger partial charge in [-0.1, -0.05) is 24.3 Å². The summed E-state index contributed by atoms with van der Waals surface area (Å²) in [6.07, 6.45) is 7.17. The summed E-state index contributed by atoms with van der Waals surface area (Å²) in [5.74, 6) is -0.00412. The van der Waals surface area contributed by atoms with Gasteiger partial charge in [0.1, 0.15) is 29.1 Å². The van der Waals surface area contributed by atoms with Gasteiger partial charge >= 0.3 is 0 Å². The maximum atomic E-state index is 15.7. The van der Waals surface area contributed by atoms with Crippen molar-refractivity contribution in [2.24, 2.45) is 5.92 Å². The van der Waals surface area contributed by atoms with Crippen LogP contribution in [0.3, 0.4) is 0 Å². The molecule has 6 N–H and O–H groups in total. The average molecular weight is 865 g/mol. The minimum atomic E-state index is -3.48. The molecule has 3 aromatic carbocycles. The fraction of sp³-hybridized carbons (Fsp3) is 0.386. The molecule has 3 aliphatic heterocycles. The first-order chi connectivity index (χ1) is 29.9. The number of benzene rings is 3. The smallest absolute Gasteiger partial charge is 0.234 e. The number of anilines is 6. The molecule has 0 bridgehead atoms. The van der Waals surface area contributed by atoms with E-state index in [2.05, 4.69) is 36.6 Å². The number of nitrogens with zero attached hydrogens (tertiary/aromatic N) is 4. The summed E-state index contributed by atoms with van der Waals surface area (Å²) in [5.41, 5.74) is 4.51. The van der Waals surface area contributed by atoms with Crippen LogP contribution in [-0.2, 0) is 30.8 Å². The van der Waals surface area contributed by atoms with Crippen molar-refractivity contribution in [3.05, 3.63) is 89.9 Å². The van der Waals surface area contributed by atoms with Gasteiger partial charge in [-0.2, -0.15) is 9.97 Å². The van der Waals surface area contributed by atoms with Crippen LogP contribution in [0.5, 0.6) is 5.75 Å². The first kappa shape index (κ1) is 41.1. The standard InChI is InChI=1S/C44H49FN10O6S/c1-62(59,60)55-21-13-26-4-3-7-36(39(26)55)50-41-34-12-16-47-40(34)52-44(53-41)49-30-8-10-37(35(45)25-30)54-19-14-29(15-20-54)46-17-18-48-42(57)28-23-32(24-28)61-31-6-2-5-27(22-31)33-9-11-38(56)51-43(33)58/h2-8,10,12,16,22,25,28-29,32-33,46H,9,11,13-15,17-21,23-24H2,1H3,(H,48,57)(H,51,56,58)(H3,47,49,50,52,53)/t28-,32-,33?. The number of H-pyrrole nitrogens is 1. The van der Waals surface area contributed by atoms with Crippen molar-refractivity contribution in [2.75, 3.05) is 58.8 Å². The van der Waals surface area contributed by atoms with E-state index in [9.17, 15) is 22.8 Å². The SMILES string of the molecule is CS(=O)(=O)N1CCc2cccc(Nc3nc(Nc4ccc(N5CCC(NCCNC(=O)[C@H]6C[C@H](Oc7cccc(C8CCC(=O)NC8=O)c7)C6)CC5)c(F)c4)nc4[nH]ccc34)c21. The number of piperidine rings is 2. The lowest BCUT2D eigenvalue weighted by Gasteiger charge is -2.35. The molecule has 16 nitrogen and oxygen atoms in total. The summed E-state index contributed by atoms with van der Waals surface area (Å²) < 4.78 is 48.3. The number of aromatic nitrogens is 3. The van der Waals surface area contributed by atoms with Gasteiger partial charge in [-0.25, -0.2) is 12.8 Å². The highest BCUT2D eigenvalue weighted by Gasteiger charge is 2.36. The van der Waals surface area contributed by atoms with E-state index in [4.69, 9.17) is 9.72 Å². The molecule has 1 saturated carbocycles. The minimum absolute atomic E-state index is 0.0127. The fourth-order valence-electron chi connectivity index (χ4n) is 8.86. The third kappa shape index (κ3) is 8.88. The Morgan fingerprint density at radius 3 is 2.55 bits per heavy atom. The first-order valence-corrected chi connectivity index (χ1v) is 22.9. The Labute approximate surface area is 358 Å². The number of carbonyl (C=O) groups is 3. The van der Waals surface area contributed by atoms with E-state index < -0.39 is 10.0 Å². The number of carbonyl (C=O) groups excluding carboxylic acids is 3. The normalized spacial score (nSPS) is 20.4. The number of imide groups is 1. The molecule has 0 spiro atoms. The van der Waals surface area contributed by atoms with Crippen molar-refractivity contribution in [2.45, 2.75) is 63.0 Å². The number of hydrogen-bond donors (Lipinski definition) is 6. The number of aromatic amines is 1. The highest BCUT2D eigenvalue weighted by molar-refractivity contribution is 7.92. The molecule has 324 valence electrons. The lowest BCUT2D eigenvalue weighted by Crippen LogP contribution is -2.47. The summed E-state index contributed by atoms with van der Waals surface area (Å²) in [4.78, 5) is 51.1. The maximum absolute atomic E-state index is 15.7. The van der Waals surface area contributed by atoms with E-state index in [0.717, 1.165) is 24.0 Å². The molecule has 0 radical (unpaired) electrons. The summed E-state index contributed by atoms with van der Waals surface area (Å²) in [5, 5.41) is 16.2. The Morgan fingerprint density at radius 2 is 1.76 bits per heavy atom. The van der Waals surface area contributed by atoms with Crippen molar-refractivity contribution in [3.63, 3.8) is 0 Å². The number of fused-ring (bicyclic) bond motifs is 2. The number of sulfonamides is 1. The maximum Gasteiger partial charge on any atom is 0.234 e. The molecule has 4 aliphatic rings. The molecule has 5 heterocycles. The number of halogens is 1. The summed E-state index contributed by atoms with van der Waals surface area (Å²) in [6.45, 7) is 2.86. The van der Waals surface area contributed by atoms with Crippen LogP contribution in [-0.4, -0.2) is 92.2 Å². The predicted molar refractivity (Wildman–Crippen MR) is 234 cm³/mol. The van der Waals surface area contributed by atoms with Gasteiger partial charge in [0, 0.05) is 63.0 Å². The summed E-state index contributed by atoms with van der Waals surface area (Å²) >= 11 is 0. The predicted octanol–water partition coefficient (Wildman–Crippen LogP) is 4.96. The molecule has 3 amide bonds. The second kappa shape index (κ2) is 17.2. The largest absolute Gasteiger partial charge is 0.490 e. The van der Waals surface area contributed by atoms with Gasteiger partial charge in [-0.3, -0.25) is 24.0 Å². The number of ether oxygens (including phenoxy) is 1. The molecule has 1 atom stereocenters. The Morgan fingerprint density at radius 1 is 0.935 bits per heavy atom. The van der Waals surface area contributed by atoms with Crippen molar-refractivity contribution in [3.8, 4) is 5.75 Å². The molecule has 1 unspecified atom stereocenters. The van der Waals surface area contributed by atoms with Crippen molar-refractivity contribution >= 4 is 73.3 Å². The van der Waals surface area contributed by atoms with Gasteiger partial charge in [-0.15, -0.1) is 0 Å². The van der Waals surface area contributed by atoms with Gasteiger partial charge in [0.05, 0.1) is 34.6 Å². The van der Waals surface area contributed by atoms with Crippen LogP contribution < -0.4 is 40.5 Å². The monoisotopic (exact) mass is 864 g/mol. The molecular weight excluding hydrogens is 816 g/mol. The van der Waals surface area contributed by atoms with Gasteiger partial charge in [0.15, 0.2) is 0 Å². The average Bonchev–Trinajstić information content (AvgIpc) is 3.90. The molecular formula is C44H49FN10O6S. The topological polar surface area (TPSA) is 203 Å².